The van der Waals surface area contributed by atoms with E-state index in [2.05, 4.69) is 15.3 Å². The third-order valence-corrected chi connectivity index (χ3v) is 4.98. The van der Waals surface area contributed by atoms with Crippen molar-refractivity contribution in [3.8, 4) is 11.6 Å². The smallest absolute Gasteiger partial charge is 0.270 e. The molecule has 1 amide bonds. The van der Waals surface area contributed by atoms with E-state index in [0.29, 0.717) is 16.6 Å². The molecule has 2 heterocycles. The number of hydrogen-bond donors (Lipinski definition) is 1. The van der Waals surface area contributed by atoms with Crippen molar-refractivity contribution in [1.82, 2.24) is 19.9 Å². The third kappa shape index (κ3) is 3.40. The summed E-state index contributed by atoms with van der Waals surface area (Å²) >= 11 is 6.11. The zero-order chi connectivity index (χ0) is 19.0. The number of benzene rings is 1. The lowest BCUT2D eigenvalue weighted by Crippen LogP contribution is -2.28. The summed E-state index contributed by atoms with van der Waals surface area (Å²) < 4.78 is 7.20. The zero-order valence-electron chi connectivity index (χ0n) is 15.1. The summed E-state index contributed by atoms with van der Waals surface area (Å²) in [6.07, 6.45) is 5.34. The molecule has 138 valence electrons. The van der Waals surface area contributed by atoms with Gasteiger partial charge in [0.25, 0.3) is 5.91 Å². The first-order valence-corrected chi connectivity index (χ1v) is 9.08. The quantitative estimate of drug-likeness (QED) is 0.747. The molecule has 0 saturated carbocycles. The number of pyridine rings is 1. The molecule has 4 rings (SSSR count). The van der Waals surface area contributed by atoms with Crippen LogP contribution in [0.2, 0.25) is 5.02 Å². The van der Waals surface area contributed by atoms with Crippen LogP contribution in [0.3, 0.4) is 0 Å². The number of carbonyl (C=O) groups excluding carboxylic acids is 1. The van der Waals surface area contributed by atoms with Crippen molar-refractivity contribution in [3.05, 3.63) is 70.4 Å². The van der Waals surface area contributed by atoms with E-state index in [9.17, 15) is 4.79 Å². The second-order valence-electron chi connectivity index (χ2n) is 6.56. The summed E-state index contributed by atoms with van der Waals surface area (Å²) in [5.41, 5.74) is 4.22. The molecule has 27 heavy (non-hydrogen) atoms. The third-order valence-electron chi connectivity index (χ3n) is 4.75. The van der Waals surface area contributed by atoms with E-state index in [-0.39, 0.29) is 11.9 Å². The summed E-state index contributed by atoms with van der Waals surface area (Å²) in [7, 11) is 1.53. The standard InChI is InChI=1S/C20H19ClN4O2/c1-12-10-25(11-22-12)18-8-7-17(24-20(18)27-2)19(26)23-16-6-4-13-3-5-14(21)9-15(13)16/h3,5,7-11,16H,4,6H2,1-2H3,(H,23,26)/t16-/m0/s1. The maximum absolute atomic E-state index is 12.7. The Morgan fingerprint density at radius 1 is 1.33 bits per heavy atom. The number of ether oxygens (including phenoxy) is 1. The molecule has 1 aromatic carbocycles. The van der Waals surface area contributed by atoms with Gasteiger partial charge in [0, 0.05) is 11.2 Å². The van der Waals surface area contributed by atoms with Crippen LogP contribution in [0.5, 0.6) is 5.88 Å². The van der Waals surface area contributed by atoms with Gasteiger partial charge in [-0.25, -0.2) is 9.97 Å². The van der Waals surface area contributed by atoms with Crippen molar-refractivity contribution in [2.24, 2.45) is 0 Å². The topological polar surface area (TPSA) is 69.0 Å². The van der Waals surface area contributed by atoms with Gasteiger partial charge in [-0.15, -0.1) is 0 Å². The minimum atomic E-state index is -0.237. The molecule has 7 heteroatoms. The number of rotatable bonds is 4. The van der Waals surface area contributed by atoms with Gasteiger partial charge in [0.15, 0.2) is 0 Å². The molecule has 6 nitrogen and oxygen atoms in total. The fourth-order valence-electron chi connectivity index (χ4n) is 3.41. The van der Waals surface area contributed by atoms with Crippen molar-refractivity contribution in [2.75, 3.05) is 7.11 Å². The molecule has 0 bridgehead atoms. The monoisotopic (exact) mass is 382 g/mol. The second kappa shape index (κ2) is 7.04. The molecule has 0 fully saturated rings. The van der Waals surface area contributed by atoms with Crippen LogP contribution in [0.1, 0.15) is 39.8 Å². The highest BCUT2D eigenvalue weighted by molar-refractivity contribution is 6.30. The lowest BCUT2D eigenvalue weighted by Gasteiger charge is -2.15. The molecule has 3 aromatic rings. The second-order valence-corrected chi connectivity index (χ2v) is 6.99. The van der Waals surface area contributed by atoms with Crippen LogP contribution in [0, 0.1) is 6.92 Å². The van der Waals surface area contributed by atoms with Crippen molar-refractivity contribution in [2.45, 2.75) is 25.8 Å². The minimum absolute atomic E-state index is 0.0602. The average Bonchev–Trinajstić information content (AvgIpc) is 3.27. The number of carbonyl (C=O) groups is 1. The predicted molar refractivity (Wildman–Crippen MR) is 103 cm³/mol. The number of halogens is 1. The van der Waals surface area contributed by atoms with Gasteiger partial charge in [-0.3, -0.25) is 4.79 Å². The molecular weight excluding hydrogens is 364 g/mol. The van der Waals surface area contributed by atoms with E-state index in [1.165, 1.54) is 12.7 Å². The molecule has 1 aliphatic carbocycles. The maximum Gasteiger partial charge on any atom is 0.270 e. The summed E-state index contributed by atoms with van der Waals surface area (Å²) in [6, 6.07) is 9.26. The van der Waals surface area contributed by atoms with Crippen LogP contribution in [-0.4, -0.2) is 27.6 Å². The number of hydrogen-bond acceptors (Lipinski definition) is 4. The highest BCUT2D eigenvalue weighted by Crippen LogP contribution is 2.33. The van der Waals surface area contributed by atoms with Gasteiger partial charge in [0.05, 0.1) is 25.2 Å². The Labute approximate surface area is 162 Å². The van der Waals surface area contributed by atoms with Crippen LogP contribution in [0.15, 0.2) is 42.9 Å². The Morgan fingerprint density at radius 2 is 2.19 bits per heavy atom. The average molecular weight is 383 g/mol. The Morgan fingerprint density at radius 3 is 2.93 bits per heavy atom. The fraction of sp³-hybridized carbons (Fsp3) is 0.250. The number of nitrogens with zero attached hydrogens (tertiary/aromatic N) is 3. The summed E-state index contributed by atoms with van der Waals surface area (Å²) in [4.78, 5) is 21.3. The summed E-state index contributed by atoms with van der Waals surface area (Å²) in [5, 5.41) is 3.73. The van der Waals surface area contributed by atoms with Crippen LogP contribution in [0.4, 0.5) is 0 Å². The Bertz CT molecular complexity index is 1010. The lowest BCUT2D eigenvalue weighted by molar-refractivity contribution is 0.0931. The van der Waals surface area contributed by atoms with Gasteiger partial charge >= 0.3 is 0 Å². The first-order chi connectivity index (χ1) is 13.0. The summed E-state index contributed by atoms with van der Waals surface area (Å²) in [6.45, 7) is 1.91. The van der Waals surface area contributed by atoms with Gasteiger partial charge < -0.3 is 14.6 Å². The van der Waals surface area contributed by atoms with Gasteiger partial charge in [-0.05, 0) is 55.2 Å². The van der Waals surface area contributed by atoms with Crippen molar-refractivity contribution >= 4 is 17.5 Å². The van der Waals surface area contributed by atoms with Crippen LogP contribution < -0.4 is 10.1 Å². The molecule has 2 aromatic heterocycles. The minimum Gasteiger partial charge on any atom is -0.479 e. The number of methoxy groups -OCH3 is 1. The summed E-state index contributed by atoms with van der Waals surface area (Å²) in [5.74, 6) is 0.134. The van der Waals surface area contributed by atoms with Crippen molar-refractivity contribution in [3.63, 3.8) is 0 Å². The van der Waals surface area contributed by atoms with Crippen LogP contribution >= 0.6 is 11.6 Å². The number of aryl methyl sites for hydroxylation is 2. The largest absolute Gasteiger partial charge is 0.479 e. The van der Waals surface area contributed by atoms with Gasteiger partial charge in [-0.1, -0.05) is 17.7 Å². The number of nitrogens with one attached hydrogen (secondary N) is 1. The molecule has 0 unspecified atom stereocenters. The van der Waals surface area contributed by atoms with E-state index in [1.54, 1.807) is 18.5 Å². The molecule has 1 atom stereocenters. The fourth-order valence-corrected chi connectivity index (χ4v) is 3.60. The van der Waals surface area contributed by atoms with E-state index in [4.69, 9.17) is 16.3 Å². The molecular formula is C20H19ClN4O2. The van der Waals surface area contributed by atoms with E-state index >= 15 is 0 Å². The van der Waals surface area contributed by atoms with Crippen molar-refractivity contribution < 1.29 is 9.53 Å². The van der Waals surface area contributed by atoms with Crippen LogP contribution in [0.25, 0.3) is 5.69 Å². The number of amides is 1. The lowest BCUT2D eigenvalue weighted by atomic mass is 10.1. The highest BCUT2D eigenvalue weighted by atomic mass is 35.5. The first kappa shape index (κ1) is 17.5. The van der Waals surface area contributed by atoms with Gasteiger partial charge in [0.1, 0.15) is 11.4 Å². The molecule has 0 radical (unpaired) electrons. The molecule has 1 aliphatic rings. The zero-order valence-corrected chi connectivity index (χ0v) is 15.8. The SMILES string of the molecule is COc1nc(C(=O)N[C@H]2CCc3ccc(Cl)cc32)ccc1-n1cnc(C)c1. The van der Waals surface area contributed by atoms with E-state index < -0.39 is 0 Å². The van der Waals surface area contributed by atoms with Crippen molar-refractivity contribution in [1.29, 1.82) is 0 Å². The number of fused-ring (bicyclic) bond motifs is 1. The first-order valence-electron chi connectivity index (χ1n) is 8.70. The van der Waals surface area contributed by atoms with E-state index in [0.717, 1.165) is 29.8 Å². The highest BCUT2D eigenvalue weighted by Gasteiger charge is 2.25. The Hall–Kier alpha value is -2.86. The Kier molecular flexibility index (Phi) is 4.58. The van der Waals surface area contributed by atoms with Gasteiger partial charge in [-0.2, -0.15) is 0 Å². The normalized spacial score (nSPS) is 15.4. The molecule has 0 aliphatic heterocycles. The number of aromatic nitrogens is 3. The molecule has 0 saturated heterocycles. The van der Waals surface area contributed by atoms with Crippen LogP contribution in [-0.2, 0) is 6.42 Å². The van der Waals surface area contributed by atoms with E-state index in [1.807, 2.05) is 35.9 Å². The molecule has 1 N–H and O–H groups in total. The van der Waals surface area contributed by atoms with Gasteiger partial charge in [0.2, 0.25) is 5.88 Å². The number of imidazole rings is 1. The maximum atomic E-state index is 12.7. The molecule has 0 spiro atoms. The Balaban J connectivity index is 1.57. The predicted octanol–water partition coefficient (Wildman–Crippen LogP) is 3.66.